The molecular weight excluding hydrogens is 214 g/mol. The van der Waals surface area contributed by atoms with Gasteiger partial charge in [-0.15, -0.1) is 0 Å². The van der Waals surface area contributed by atoms with E-state index in [1.54, 1.807) is 0 Å². The Morgan fingerprint density at radius 1 is 1.35 bits per heavy atom. The highest BCUT2D eigenvalue weighted by molar-refractivity contribution is 5.76. The van der Waals surface area contributed by atoms with E-state index >= 15 is 0 Å². The smallest absolute Gasteiger partial charge is 0.220 e. The normalized spacial score (nSPS) is 12.8. The Kier molecular flexibility index (Phi) is 4.79. The molecule has 0 aromatic carbocycles. The Morgan fingerprint density at radius 2 is 2.00 bits per heavy atom. The lowest BCUT2D eigenvalue weighted by molar-refractivity contribution is -0.122. The summed E-state index contributed by atoms with van der Waals surface area (Å²) in [7, 11) is 0. The molecule has 0 saturated heterocycles. The van der Waals surface area contributed by atoms with Crippen molar-refractivity contribution in [2.45, 2.75) is 53.5 Å². The molecule has 1 atom stereocenters. The summed E-state index contributed by atoms with van der Waals surface area (Å²) in [5.74, 6) is 2.46. The lowest BCUT2D eigenvalue weighted by Gasteiger charge is -2.13. The molecule has 0 fully saturated rings. The summed E-state index contributed by atoms with van der Waals surface area (Å²) in [5, 5.41) is 3.01. The first-order valence-corrected chi connectivity index (χ1v) is 6.26. The number of rotatable bonds is 5. The minimum Gasteiger partial charge on any atom is -0.466 e. The number of hydrogen-bond acceptors (Lipinski definition) is 2. The highest BCUT2D eigenvalue weighted by Crippen LogP contribution is 2.21. The van der Waals surface area contributed by atoms with Gasteiger partial charge in [0.05, 0.1) is 6.04 Å². The molecule has 0 saturated carbocycles. The molecule has 0 aliphatic rings. The highest BCUT2D eigenvalue weighted by Gasteiger charge is 2.14. The van der Waals surface area contributed by atoms with E-state index in [0.29, 0.717) is 12.3 Å². The van der Waals surface area contributed by atoms with Crippen LogP contribution in [0.5, 0.6) is 0 Å². The summed E-state index contributed by atoms with van der Waals surface area (Å²) in [5.41, 5.74) is 1.07. The zero-order valence-electron chi connectivity index (χ0n) is 11.5. The topological polar surface area (TPSA) is 42.2 Å². The number of carbonyl (C=O) groups is 1. The van der Waals surface area contributed by atoms with Gasteiger partial charge in [0.1, 0.15) is 11.5 Å². The Hall–Kier alpha value is -1.25. The molecule has 1 rings (SSSR count). The summed E-state index contributed by atoms with van der Waals surface area (Å²) in [6, 6.07) is 2.01. The quantitative estimate of drug-likeness (QED) is 0.851. The van der Waals surface area contributed by atoms with E-state index < -0.39 is 0 Å². The molecule has 0 aliphatic carbocycles. The van der Waals surface area contributed by atoms with Gasteiger partial charge < -0.3 is 9.73 Å². The lowest BCUT2D eigenvalue weighted by atomic mass is 10.1. The van der Waals surface area contributed by atoms with Gasteiger partial charge in [-0.25, -0.2) is 0 Å². The number of carbonyl (C=O) groups excluding carboxylic acids is 1. The van der Waals surface area contributed by atoms with Crippen molar-refractivity contribution in [1.82, 2.24) is 5.32 Å². The van der Waals surface area contributed by atoms with Crippen LogP contribution in [0.15, 0.2) is 10.5 Å². The first-order chi connectivity index (χ1) is 7.90. The van der Waals surface area contributed by atoms with Crippen LogP contribution in [0.25, 0.3) is 0 Å². The van der Waals surface area contributed by atoms with E-state index in [-0.39, 0.29) is 11.9 Å². The number of nitrogens with one attached hydrogen (secondary N) is 1. The predicted octanol–water partition coefficient (Wildman–Crippen LogP) is 3.51. The molecule has 1 heterocycles. The molecule has 96 valence electrons. The maximum absolute atomic E-state index is 11.7. The summed E-state index contributed by atoms with van der Waals surface area (Å²) in [6.07, 6.45) is 1.53. The molecule has 0 bridgehead atoms. The predicted molar refractivity (Wildman–Crippen MR) is 68.8 cm³/mol. The Labute approximate surface area is 104 Å². The van der Waals surface area contributed by atoms with Crippen molar-refractivity contribution in [3.63, 3.8) is 0 Å². The van der Waals surface area contributed by atoms with Crippen LogP contribution < -0.4 is 5.32 Å². The van der Waals surface area contributed by atoms with Gasteiger partial charge in [-0.3, -0.25) is 4.79 Å². The van der Waals surface area contributed by atoms with Crippen molar-refractivity contribution < 1.29 is 9.21 Å². The average molecular weight is 237 g/mol. The molecule has 17 heavy (non-hydrogen) atoms. The van der Waals surface area contributed by atoms with Crippen LogP contribution in [-0.2, 0) is 4.79 Å². The summed E-state index contributed by atoms with van der Waals surface area (Å²) in [4.78, 5) is 11.7. The van der Waals surface area contributed by atoms with Gasteiger partial charge in [0.2, 0.25) is 5.91 Å². The van der Waals surface area contributed by atoms with Gasteiger partial charge in [0, 0.05) is 12.0 Å². The van der Waals surface area contributed by atoms with Gasteiger partial charge >= 0.3 is 0 Å². The zero-order chi connectivity index (χ0) is 13.0. The summed E-state index contributed by atoms with van der Waals surface area (Å²) in [6.45, 7) is 10.1. The summed E-state index contributed by atoms with van der Waals surface area (Å²) >= 11 is 0. The van der Waals surface area contributed by atoms with Crippen molar-refractivity contribution in [3.05, 3.63) is 23.2 Å². The fourth-order valence-corrected chi connectivity index (χ4v) is 1.89. The minimum absolute atomic E-state index is 0.0205. The number of amides is 1. The van der Waals surface area contributed by atoms with Crippen LogP contribution in [0.4, 0.5) is 0 Å². The fraction of sp³-hybridized carbons (Fsp3) is 0.643. The SMILES string of the molecule is Cc1cc(C(C)NC(=O)CCC(C)C)c(C)o1. The molecule has 0 aliphatic heterocycles. The maximum atomic E-state index is 11.7. The molecule has 3 nitrogen and oxygen atoms in total. The third-order valence-corrected chi connectivity index (χ3v) is 2.87. The van der Waals surface area contributed by atoms with E-state index in [2.05, 4.69) is 19.2 Å². The first kappa shape index (κ1) is 13.8. The van der Waals surface area contributed by atoms with Crippen molar-refractivity contribution in [1.29, 1.82) is 0 Å². The number of furan rings is 1. The van der Waals surface area contributed by atoms with Gasteiger partial charge in [0.15, 0.2) is 0 Å². The van der Waals surface area contributed by atoms with Crippen molar-refractivity contribution in [2.75, 3.05) is 0 Å². The van der Waals surface area contributed by atoms with Gasteiger partial charge in [0.25, 0.3) is 0 Å². The lowest BCUT2D eigenvalue weighted by Crippen LogP contribution is -2.26. The third kappa shape index (κ3) is 4.25. The molecule has 0 spiro atoms. The van der Waals surface area contributed by atoms with Crippen molar-refractivity contribution in [3.8, 4) is 0 Å². The molecule has 3 heteroatoms. The second-order valence-corrected chi connectivity index (χ2v) is 5.09. The second-order valence-electron chi connectivity index (χ2n) is 5.09. The van der Waals surface area contributed by atoms with Crippen LogP contribution in [0.2, 0.25) is 0 Å². The number of hydrogen-bond donors (Lipinski definition) is 1. The molecule has 1 aromatic heterocycles. The Morgan fingerprint density at radius 3 is 2.47 bits per heavy atom. The third-order valence-electron chi connectivity index (χ3n) is 2.87. The van der Waals surface area contributed by atoms with Crippen LogP contribution in [0.3, 0.4) is 0 Å². The van der Waals surface area contributed by atoms with Crippen molar-refractivity contribution >= 4 is 5.91 Å². The van der Waals surface area contributed by atoms with Gasteiger partial charge in [-0.1, -0.05) is 13.8 Å². The largest absolute Gasteiger partial charge is 0.466 e. The average Bonchev–Trinajstić information content (AvgIpc) is 2.55. The van der Waals surface area contributed by atoms with Crippen LogP contribution >= 0.6 is 0 Å². The van der Waals surface area contributed by atoms with Crippen LogP contribution in [0, 0.1) is 19.8 Å². The minimum atomic E-state index is 0.0205. The van der Waals surface area contributed by atoms with Gasteiger partial charge in [-0.2, -0.15) is 0 Å². The van der Waals surface area contributed by atoms with Crippen LogP contribution in [0.1, 0.15) is 56.7 Å². The fourth-order valence-electron chi connectivity index (χ4n) is 1.89. The zero-order valence-corrected chi connectivity index (χ0v) is 11.5. The van der Waals surface area contributed by atoms with E-state index in [9.17, 15) is 4.79 Å². The summed E-state index contributed by atoms with van der Waals surface area (Å²) < 4.78 is 5.46. The number of aryl methyl sites for hydroxylation is 2. The maximum Gasteiger partial charge on any atom is 0.220 e. The van der Waals surface area contributed by atoms with E-state index in [1.165, 1.54) is 0 Å². The molecule has 0 radical (unpaired) electrons. The molecular formula is C14H23NO2. The molecule has 1 aromatic rings. The Bertz CT molecular complexity index is 380. The first-order valence-electron chi connectivity index (χ1n) is 6.26. The second kappa shape index (κ2) is 5.89. The molecule has 1 unspecified atom stereocenters. The van der Waals surface area contributed by atoms with E-state index in [4.69, 9.17) is 4.42 Å². The van der Waals surface area contributed by atoms with E-state index in [1.807, 2.05) is 26.8 Å². The monoisotopic (exact) mass is 237 g/mol. The van der Waals surface area contributed by atoms with E-state index in [0.717, 1.165) is 23.5 Å². The molecule has 1 amide bonds. The van der Waals surface area contributed by atoms with Crippen LogP contribution in [-0.4, -0.2) is 5.91 Å². The van der Waals surface area contributed by atoms with Crippen molar-refractivity contribution in [2.24, 2.45) is 5.92 Å². The highest BCUT2D eigenvalue weighted by atomic mass is 16.3. The van der Waals surface area contributed by atoms with Gasteiger partial charge in [-0.05, 0) is 39.2 Å². The molecule has 1 N–H and O–H groups in total. The Balaban J connectivity index is 2.51. The standard InChI is InChI=1S/C14H23NO2/c1-9(2)6-7-14(16)15-11(4)13-8-10(3)17-12(13)5/h8-9,11H,6-7H2,1-5H3,(H,15,16).